The van der Waals surface area contributed by atoms with Crippen LogP contribution in [0.1, 0.15) is 24.6 Å². The smallest absolute Gasteiger partial charge is 0.126 e. The summed E-state index contributed by atoms with van der Waals surface area (Å²) in [5, 5.41) is 3.36. The molecule has 4 nitrogen and oxygen atoms in total. The van der Waals surface area contributed by atoms with E-state index >= 15 is 0 Å². The summed E-state index contributed by atoms with van der Waals surface area (Å²) < 4.78 is 35.2. The normalized spacial score (nSPS) is 16.0. The molecule has 1 saturated heterocycles. The summed E-state index contributed by atoms with van der Waals surface area (Å²) in [7, 11) is -1.14. The minimum Gasteiger partial charge on any atom is -0.361 e. The van der Waals surface area contributed by atoms with Gasteiger partial charge in [0.05, 0.1) is 5.69 Å². The van der Waals surface area contributed by atoms with E-state index in [2.05, 4.69) is 25.0 Å². The summed E-state index contributed by atoms with van der Waals surface area (Å²) in [4.78, 5) is 4.74. The topological polar surface area (TPSA) is 39.1 Å². The van der Waals surface area contributed by atoms with Crippen LogP contribution in [-0.4, -0.2) is 37.3 Å². The van der Waals surface area contributed by atoms with Gasteiger partial charge in [-0.25, -0.2) is 13.8 Å². The SMILES string of the molecule is C[Si](C)(C)CCOCn1cc(-c2cc(F)cc(F)c2)nc1C1CCNCC1. The van der Waals surface area contributed by atoms with Gasteiger partial charge in [-0.05, 0) is 44.1 Å². The number of hydrogen-bond acceptors (Lipinski definition) is 3. The first-order chi connectivity index (χ1) is 12.8. The molecule has 0 amide bonds. The molecule has 3 rings (SSSR count). The number of hydrogen-bond donors (Lipinski definition) is 1. The molecule has 0 aliphatic carbocycles. The highest BCUT2D eigenvalue weighted by atomic mass is 28.3. The number of ether oxygens (including phenoxy) is 1. The third-order valence-electron chi connectivity index (χ3n) is 4.90. The van der Waals surface area contributed by atoms with Crippen molar-refractivity contribution < 1.29 is 13.5 Å². The Balaban J connectivity index is 1.82. The number of nitrogens with zero attached hydrogens (tertiary/aromatic N) is 2. The van der Waals surface area contributed by atoms with Crippen molar-refractivity contribution >= 4 is 8.07 Å². The highest BCUT2D eigenvalue weighted by molar-refractivity contribution is 6.76. The number of piperidine rings is 1. The van der Waals surface area contributed by atoms with Gasteiger partial charge in [0.2, 0.25) is 0 Å². The lowest BCUT2D eigenvalue weighted by Gasteiger charge is -2.23. The zero-order valence-electron chi connectivity index (χ0n) is 16.4. The Morgan fingerprint density at radius 2 is 1.81 bits per heavy atom. The molecule has 0 bridgehead atoms. The second-order valence-electron chi connectivity index (χ2n) is 8.48. The van der Waals surface area contributed by atoms with Crippen LogP contribution < -0.4 is 5.32 Å². The predicted octanol–water partition coefficient (Wildman–Crippen LogP) is 4.61. The Kier molecular flexibility index (Phi) is 6.44. The lowest BCUT2D eigenvalue weighted by molar-refractivity contribution is 0.0838. The van der Waals surface area contributed by atoms with Gasteiger partial charge in [0.1, 0.15) is 24.2 Å². The van der Waals surface area contributed by atoms with Crippen LogP contribution in [0.2, 0.25) is 25.7 Å². The fourth-order valence-electron chi connectivity index (χ4n) is 3.32. The molecule has 1 aromatic carbocycles. The minimum atomic E-state index is -1.14. The van der Waals surface area contributed by atoms with E-state index in [4.69, 9.17) is 9.72 Å². The van der Waals surface area contributed by atoms with Crippen LogP contribution in [0.25, 0.3) is 11.3 Å². The Morgan fingerprint density at radius 3 is 2.44 bits per heavy atom. The number of halogens is 2. The maximum atomic E-state index is 13.6. The van der Waals surface area contributed by atoms with E-state index in [-0.39, 0.29) is 0 Å². The van der Waals surface area contributed by atoms with Crippen LogP contribution in [-0.2, 0) is 11.5 Å². The van der Waals surface area contributed by atoms with E-state index in [1.54, 1.807) is 0 Å². The zero-order chi connectivity index (χ0) is 19.4. The standard InChI is InChI=1S/C20H29F2N3OSi/c1-27(2,3)9-8-26-14-25-13-19(16-10-17(21)12-18(22)11-16)24-20(25)15-4-6-23-7-5-15/h10-13,15,23H,4-9,14H2,1-3H3. The van der Waals surface area contributed by atoms with Crippen molar-refractivity contribution in [2.45, 2.75) is 51.2 Å². The molecule has 7 heteroatoms. The first-order valence-electron chi connectivity index (χ1n) is 9.64. The van der Waals surface area contributed by atoms with E-state index in [0.717, 1.165) is 50.5 Å². The molecule has 1 aliphatic rings. The van der Waals surface area contributed by atoms with Crippen LogP contribution in [0, 0.1) is 11.6 Å². The van der Waals surface area contributed by atoms with E-state index in [1.165, 1.54) is 12.1 Å². The average molecular weight is 394 g/mol. The summed E-state index contributed by atoms with van der Waals surface area (Å²) >= 11 is 0. The largest absolute Gasteiger partial charge is 0.361 e. The Bertz CT molecular complexity index is 747. The third kappa shape index (κ3) is 5.70. The van der Waals surface area contributed by atoms with E-state index in [1.807, 2.05) is 10.8 Å². The maximum absolute atomic E-state index is 13.6. The van der Waals surface area contributed by atoms with Crippen molar-refractivity contribution in [3.05, 3.63) is 41.9 Å². The van der Waals surface area contributed by atoms with Crippen molar-refractivity contribution in [1.29, 1.82) is 0 Å². The summed E-state index contributed by atoms with van der Waals surface area (Å²) in [5.41, 5.74) is 1.05. The van der Waals surface area contributed by atoms with Crippen LogP contribution in [0.15, 0.2) is 24.4 Å². The van der Waals surface area contributed by atoms with Gasteiger partial charge in [0, 0.05) is 38.4 Å². The molecule has 0 unspecified atom stereocenters. The fourth-order valence-corrected chi connectivity index (χ4v) is 4.08. The lowest BCUT2D eigenvalue weighted by atomic mass is 9.97. The van der Waals surface area contributed by atoms with Gasteiger partial charge in [-0.15, -0.1) is 0 Å². The molecule has 0 radical (unpaired) electrons. The molecule has 0 saturated carbocycles. The van der Waals surface area contributed by atoms with Gasteiger partial charge >= 0.3 is 0 Å². The first kappa shape index (κ1) is 20.2. The molecule has 27 heavy (non-hydrogen) atoms. The first-order valence-corrected chi connectivity index (χ1v) is 13.3. The predicted molar refractivity (Wildman–Crippen MR) is 107 cm³/mol. The number of benzene rings is 1. The molecule has 1 aliphatic heterocycles. The summed E-state index contributed by atoms with van der Waals surface area (Å²) in [6.45, 7) is 10.0. The van der Waals surface area contributed by atoms with Crippen molar-refractivity contribution in [3.8, 4) is 11.3 Å². The number of rotatable bonds is 7. The fraction of sp³-hybridized carbons (Fsp3) is 0.550. The van der Waals surface area contributed by atoms with Crippen molar-refractivity contribution in [1.82, 2.24) is 14.9 Å². The van der Waals surface area contributed by atoms with Gasteiger partial charge < -0.3 is 14.6 Å². The quantitative estimate of drug-likeness (QED) is 0.552. The number of imidazole rings is 1. The zero-order valence-corrected chi connectivity index (χ0v) is 17.4. The highest BCUT2D eigenvalue weighted by Crippen LogP contribution is 2.29. The molecule has 1 aromatic heterocycles. The highest BCUT2D eigenvalue weighted by Gasteiger charge is 2.22. The molecule has 0 atom stereocenters. The van der Waals surface area contributed by atoms with Crippen molar-refractivity contribution in [3.63, 3.8) is 0 Å². The average Bonchev–Trinajstić information content (AvgIpc) is 3.02. The van der Waals surface area contributed by atoms with Gasteiger partial charge in [0.15, 0.2) is 0 Å². The second kappa shape index (κ2) is 8.62. The second-order valence-corrected chi connectivity index (χ2v) is 14.1. The van der Waals surface area contributed by atoms with Crippen molar-refractivity contribution in [2.24, 2.45) is 0 Å². The van der Waals surface area contributed by atoms with Gasteiger partial charge in [-0.3, -0.25) is 0 Å². The van der Waals surface area contributed by atoms with Gasteiger partial charge in [-0.1, -0.05) is 19.6 Å². The third-order valence-corrected chi connectivity index (χ3v) is 6.60. The van der Waals surface area contributed by atoms with Gasteiger partial charge in [0.25, 0.3) is 0 Å². The van der Waals surface area contributed by atoms with Crippen LogP contribution in [0.4, 0.5) is 8.78 Å². The Labute approximate surface area is 161 Å². The van der Waals surface area contributed by atoms with Gasteiger partial charge in [-0.2, -0.15) is 0 Å². The minimum absolute atomic E-state index is 0.332. The molecule has 1 N–H and O–H groups in total. The molecule has 1 fully saturated rings. The molecule has 2 heterocycles. The summed E-state index contributed by atoms with van der Waals surface area (Å²) in [6.07, 6.45) is 3.87. The number of nitrogens with one attached hydrogen (secondary N) is 1. The molecule has 0 spiro atoms. The molecular weight excluding hydrogens is 364 g/mol. The van der Waals surface area contributed by atoms with Crippen molar-refractivity contribution in [2.75, 3.05) is 19.7 Å². The van der Waals surface area contributed by atoms with Crippen LogP contribution >= 0.6 is 0 Å². The summed E-state index contributed by atoms with van der Waals surface area (Å²) in [5.74, 6) is 0.104. The molecule has 148 valence electrons. The number of aromatic nitrogens is 2. The monoisotopic (exact) mass is 393 g/mol. The Hall–Kier alpha value is -1.57. The maximum Gasteiger partial charge on any atom is 0.126 e. The molecular formula is C20H29F2N3OSi. The van der Waals surface area contributed by atoms with E-state index < -0.39 is 19.7 Å². The lowest BCUT2D eigenvalue weighted by Crippen LogP contribution is -2.28. The van der Waals surface area contributed by atoms with Crippen LogP contribution in [0.5, 0.6) is 0 Å². The summed E-state index contributed by atoms with van der Waals surface area (Å²) in [6, 6.07) is 4.64. The van der Waals surface area contributed by atoms with E-state index in [0.29, 0.717) is 23.9 Å². The van der Waals surface area contributed by atoms with Crippen LogP contribution in [0.3, 0.4) is 0 Å². The van der Waals surface area contributed by atoms with E-state index in [9.17, 15) is 8.78 Å². The molecule has 2 aromatic rings. The Morgan fingerprint density at radius 1 is 1.15 bits per heavy atom.